The van der Waals surface area contributed by atoms with Gasteiger partial charge in [-0.25, -0.2) is 0 Å². The minimum absolute atomic E-state index is 0.115. The van der Waals surface area contributed by atoms with Gasteiger partial charge in [-0.05, 0) is 0 Å². The maximum atomic E-state index is 10.0. The Morgan fingerprint density at radius 2 is 2.12 bits per heavy atom. The van der Waals surface area contributed by atoms with Crippen LogP contribution in [0.5, 0.6) is 0 Å². The number of carbonyl (C=O) groups excluding carboxylic acids is 1. The molecule has 1 heterocycles. The standard InChI is InChI=1S/C4H8N2OS/c7-1-4-5-2-8-3-6-4/h1,4-6H,2-3H2. The molecule has 1 saturated heterocycles. The van der Waals surface area contributed by atoms with E-state index in [0.717, 1.165) is 18.0 Å². The van der Waals surface area contributed by atoms with Crippen LogP contribution in [0.25, 0.3) is 0 Å². The molecule has 0 amide bonds. The van der Waals surface area contributed by atoms with Gasteiger partial charge in [0.15, 0.2) is 6.29 Å². The van der Waals surface area contributed by atoms with Crippen molar-refractivity contribution in [3.63, 3.8) is 0 Å². The Balaban J connectivity index is 2.22. The summed E-state index contributed by atoms with van der Waals surface area (Å²) in [7, 11) is 0. The minimum Gasteiger partial charge on any atom is -0.300 e. The normalized spacial score (nSPS) is 23.0. The molecule has 0 spiro atoms. The van der Waals surface area contributed by atoms with Gasteiger partial charge >= 0.3 is 0 Å². The fraction of sp³-hybridized carbons (Fsp3) is 0.750. The predicted molar refractivity (Wildman–Crippen MR) is 33.4 cm³/mol. The quantitative estimate of drug-likeness (QED) is 0.465. The zero-order valence-electron chi connectivity index (χ0n) is 4.39. The second-order valence-corrected chi connectivity index (χ2v) is 2.50. The van der Waals surface area contributed by atoms with Crippen molar-refractivity contribution in [2.75, 3.05) is 11.8 Å². The summed E-state index contributed by atoms with van der Waals surface area (Å²) in [4.78, 5) is 10.0. The maximum absolute atomic E-state index is 10.0. The number of thioether (sulfide) groups is 1. The van der Waals surface area contributed by atoms with Crippen molar-refractivity contribution in [3.05, 3.63) is 0 Å². The van der Waals surface area contributed by atoms with Crippen LogP contribution in [0.2, 0.25) is 0 Å². The van der Waals surface area contributed by atoms with Crippen LogP contribution in [0.3, 0.4) is 0 Å². The molecule has 1 rings (SSSR count). The Hall–Kier alpha value is -0.0600. The molecule has 0 aromatic rings. The van der Waals surface area contributed by atoms with E-state index in [1.807, 2.05) is 0 Å². The van der Waals surface area contributed by atoms with Gasteiger partial charge in [0, 0.05) is 11.8 Å². The molecule has 3 nitrogen and oxygen atoms in total. The summed E-state index contributed by atoms with van der Waals surface area (Å²) < 4.78 is 0. The van der Waals surface area contributed by atoms with Crippen molar-refractivity contribution in [1.29, 1.82) is 0 Å². The fourth-order valence-corrected chi connectivity index (χ4v) is 1.21. The molecule has 2 N–H and O–H groups in total. The van der Waals surface area contributed by atoms with E-state index in [0.29, 0.717) is 0 Å². The molecule has 0 aliphatic carbocycles. The van der Waals surface area contributed by atoms with Crippen LogP contribution in [-0.2, 0) is 4.79 Å². The van der Waals surface area contributed by atoms with Crippen LogP contribution in [-0.4, -0.2) is 24.2 Å². The molecular formula is C4H8N2OS. The number of hydrogen-bond acceptors (Lipinski definition) is 4. The average Bonchev–Trinajstić information content (AvgIpc) is 1.90. The van der Waals surface area contributed by atoms with E-state index < -0.39 is 0 Å². The van der Waals surface area contributed by atoms with E-state index in [2.05, 4.69) is 10.6 Å². The highest BCUT2D eigenvalue weighted by atomic mass is 32.2. The molecule has 0 bridgehead atoms. The highest BCUT2D eigenvalue weighted by molar-refractivity contribution is 7.99. The molecule has 1 aliphatic heterocycles. The Morgan fingerprint density at radius 1 is 1.50 bits per heavy atom. The Morgan fingerprint density at radius 3 is 2.50 bits per heavy atom. The second-order valence-electron chi connectivity index (χ2n) is 1.51. The van der Waals surface area contributed by atoms with E-state index in [-0.39, 0.29) is 6.17 Å². The summed E-state index contributed by atoms with van der Waals surface area (Å²) in [5.41, 5.74) is 0. The lowest BCUT2D eigenvalue weighted by Crippen LogP contribution is -2.47. The zero-order chi connectivity index (χ0) is 5.82. The summed E-state index contributed by atoms with van der Waals surface area (Å²) in [6.07, 6.45) is 0.760. The van der Waals surface area contributed by atoms with Crippen molar-refractivity contribution in [1.82, 2.24) is 10.6 Å². The van der Waals surface area contributed by atoms with Crippen LogP contribution in [0.15, 0.2) is 0 Å². The van der Waals surface area contributed by atoms with Gasteiger partial charge in [0.1, 0.15) is 6.17 Å². The zero-order valence-corrected chi connectivity index (χ0v) is 5.20. The van der Waals surface area contributed by atoms with Crippen LogP contribution in [0, 0.1) is 0 Å². The Labute approximate surface area is 52.2 Å². The highest BCUT2D eigenvalue weighted by Crippen LogP contribution is 1.98. The molecule has 0 atom stereocenters. The summed E-state index contributed by atoms with van der Waals surface area (Å²) in [6, 6.07) is 0. The van der Waals surface area contributed by atoms with Crippen LogP contribution < -0.4 is 10.6 Å². The van der Waals surface area contributed by atoms with Crippen LogP contribution >= 0.6 is 11.8 Å². The number of carbonyl (C=O) groups is 1. The predicted octanol–water partition coefficient (Wildman–Crippen LogP) is -0.648. The van der Waals surface area contributed by atoms with Crippen molar-refractivity contribution in [2.24, 2.45) is 0 Å². The molecule has 0 aromatic carbocycles. The molecule has 8 heavy (non-hydrogen) atoms. The Kier molecular flexibility index (Phi) is 2.32. The third-order valence-corrected chi connectivity index (χ3v) is 1.69. The lowest BCUT2D eigenvalue weighted by atomic mass is 10.5. The van der Waals surface area contributed by atoms with Gasteiger partial charge in [0.05, 0.1) is 0 Å². The second kappa shape index (κ2) is 3.06. The molecule has 46 valence electrons. The monoisotopic (exact) mass is 132 g/mol. The number of hydrogen-bond donors (Lipinski definition) is 2. The third kappa shape index (κ3) is 1.47. The first-order valence-corrected chi connectivity index (χ1v) is 3.59. The van der Waals surface area contributed by atoms with Gasteiger partial charge in [0.25, 0.3) is 0 Å². The number of nitrogens with one attached hydrogen (secondary N) is 2. The van der Waals surface area contributed by atoms with Crippen molar-refractivity contribution < 1.29 is 4.79 Å². The number of aldehydes is 1. The van der Waals surface area contributed by atoms with Gasteiger partial charge < -0.3 is 4.79 Å². The van der Waals surface area contributed by atoms with Gasteiger partial charge in [-0.15, -0.1) is 11.8 Å². The summed E-state index contributed by atoms with van der Waals surface area (Å²) in [5, 5.41) is 5.91. The molecule has 1 fully saturated rings. The third-order valence-electron chi connectivity index (χ3n) is 0.947. The van der Waals surface area contributed by atoms with Crippen LogP contribution in [0.1, 0.15) is 0 Å². The molecule has 0 aromatic heterocycles. The van der Waals surface area contributed by atoms with Crippen LogP contribution in [0.4, 0.5) is 0 Å². The summed E-state index contributed by atoms with van der Waals surface area (Å²) in [6.45, 7) is 0. The molecular weight excluding hydrogens is 124 g/mol. The molecule has 1 aliphatic rings. The average molecular weight is 132 g/mol. The summed E-state index contributed by atoms with van der Waals surface area (Å²) >= 11 is 1.73. The van der Waals surface area contributed by atoms with Crippen molar-refractivity contribution >= 4 is 18.0 Å². The van der Waals surface area contributed by atoms with Gasteiger partial charge in [0.2, 0.25) is 0 Å². The smallest absolute Gasteiger partial charge is 0.151 e. The van der Waals surface area contributed by atoms with Gasteiger partial charge in [-0.1, -0.05) is 0 Å². The van der Waals surface area contributed by atoms with E-state index in [4.69, 9.17) is 0 Å². The number of rotatable bonds is 1. The first-order chi connectivity index (χ1) is 3.93. The molecule has 0 unspecified atom stereocenters. The molecule has 0 saturated carbocycles. The minimum atomic E-state index is -0.115. The van der Waals surface area contributed by atoms with Gasteiger partial charge in [-0.3, -0.25) is 10.6 Å². The first-order valence-electron chi connectivity index (χ1n) is 2.43. The Bertz CT molecular complexity index is 82.1. The van der Waals surface area contributed by atoms with Crippen molar-refractivity contribution in [2.45, 2.75) is 6.17 Å². The maximum Gasteiger partial charge on any atom is 0.151 e. The molecule has 4 heteroatoms. The fourth-order valence-electron chi connectivity index (χ4n) is 0.517. The van der Waals surface area contributed by atoms with E-state index in [1.165, 1.54) is 0 Å². The SMILES string of the molecule is O=CC1NCSCN1. The highest BCUT2D eigenvalue weighted by Gasteiger charge is 2.07. The largest absolute Gasteiger partial charge is 0.300 e. The van der Waals surface area contributed by atoms with Gasteiger partial charge in [-0.2, -0.15) is 0 Å². The van der Waals surface area contributed by atoms with E-state index in [1.54, 1.807) is 11.8 Å². The summed E-state index contributed by atoms with van der Waals surface area (Å²) in [5.74, 6) is 1.74. The first kappa shape index (κ1) is 6.07. The van der Waals surface area contributed by atoms with E-state index in [9.17, 15) is 4.79 Å². The topological polar surface area (TPSA) is 41.1 Å². The lowest BCUT2D eigenvalue weighted by molar-refractivity contribution is -0.110. The lowest BCUT2D eigenvalue weighted by Gasteiger charge is -2.18. The van der Waals surface area contributed by atoms with E-state index >= 15 is 0 Å². The molecule has 0 radical (unpaired) electrons. The van der Waals surface area contributed by atoms with Crippen molar-refractivity contribution in [3.8, 4) is 0 Å².